The molecule has 0 amide bonds. The SMILES string of the molecule is Nc1ccc2c(c1)Cc1cc(N)ccc1-2.Nc1nc(N)nc(C2=CC=CC(F)(F)C2)n1. The number of fused-ring (bicyclic) bond motifs is 3. The molecule has 0 aliphatic heterocycles. The molecule has 9 heteroatoms. The van der Waals surface area contributed by atoms with Gasteiger partial charge in [0.1, 0.15) is 0 Å². The second-order valence-corrected chi connectivity index (χ2v) is 7.37. The minimum absolute atomic E-state index is 0.0822. The molecule has 7 nitrogen and oxygen atoms in total. The molecule has 158 valence electrons. The molecule has 0 unspecified atom stereocenters. The van der Waals surface area contributed by atoms with E-state index in [9.17, 15) is 8.78 Å². The number of anilines is 4. The topological polar surface area (TPSA) is 143 Å². The number of halogens is 2. The quantitative estimate of drug-likeness (QED) is 0.345. The third-order valence-corrected chi connectivity index (χ3v) is 4.95. The molecular formula is C22H21F2N7. The van der Waals surface area contributed by atoms with Crippen LogP contribution < -0.4 is 22.9 Å². The zero-order valence-electron chi connectivity index (χ0n) is 16.5. The molecule has 1 aromatic heterocycles. The predicted octanol–water partition coefficient (Wildman–Crippen LogP) is 3.44. The fraction of sp³-hybridized carbons (Fsp3) is 0.136. The fourth-order valence-corrected chi connectivity index (χ4v) is 3.63. The van der Waals surface area contributed by atoms with Gasteiger partial charge in [-0.25, -0.2) is 8.78 Å². The van der Waals surface area contributed by atoms with Crippen molar-refractivity contribution in [2.45, 2.75) is 18.8 Å². The second kappa shape index (κ2) is 7.67. The molecule has 5 rings (SSSR count). The van der Waals surface area contributed by atoms with Crippen LogP contribution in [0.4, 0.5) is 32.1 Å². The van der Waals surface area contributed by atoms with Crippen molar-refractivity contribution < 1.29 is 8.78 Å². The first-order chi connectivity index (χ1) is 14.7. The Kier molecular flexibility index (Phi) is 5.02. The van der Waals surface area contributed by atoms with E-state index in [2.05, 4.69) is 27.1 Å². The smallest absolute Gasteiger partial charge is 0.270 e. The lowest BCUT2D eigenvalue weighted by molar-refractivity contribution is 0.0601. The largest absolute Gasteiger partial charge is 0.399 e. The summed E-state index contributed by atoms with van der Waals surface area (Å²) >= 11 is 0. The van der Waals surface area contributed by atoms with Crippen LogP contribution in [0.25, 0.3) is 16.7 Å². The van der Waals surface area contributed by atoms with Crippen LogP contribution in [0.2, 0.25) is 0 Å². The summed E-state index contributed by atoms with van der Waals surface area (Å²) in [5, 5.41) is 0. The van der Waals surface area contributed by atoms with Crippen LogP contribution in [0.3, 0.4) is 0 Å². The molecule has 8 N–H and O–H groups in total. The lowest BCUT2D eigenvalue weighted by Crippen LogP contribution is -2.17. The first-order valence-corrected chi connectivity index (χ1v) is 9.51. The maximum absolute atomic E-state index is 13.1. The lowest BCUT2D eigenvalue weighted by Gasteiger charge is -2.16. The average molecular weight is 421 g/mol. The number of nitrogen functional groups attached to an aromatic ring is 4. The number of allylic oxidation sites excluding steroid dienone is 4. The van der Waals surface area contributed by atoms with Gasteiger partial charge in [0.2, 0.25) is 11.9 Å². The minimum atomic E-state index is -2.89. The van der Waals surface area contributed by atoms with Crippen LogP contribution in [0.5, 0.6) is 0 Å². The van der Waals surface area contributed by atoms with Gasteiger partial charge in [-0.1, -0.05) is 24.3 Å². The van der Waals surface area contributed by atoms with Crippen LogP contribution in [-0.2, 0) is 6.42 Å². The number of nitrogens with zero attached hydrogens (tertiary/aromatic N) is 3. The van der Waals surface area contributed by atoms with Gasteiger partial charge in [0.15, 0.2) is 5.82 Å². The molecule has 0 radical (unpaired) electrons. The summed E-state index contributed by atoms with van der Waals surface area (Å²) in [6.45, 7) is 0. The van der Waals surface area contributed by atoms with Crippen LogP contribution in [0, 0.1) is 0 Å². The maximum atomic E-state index is 13.1. The third kappa shape index (κ3) is 4.45. The van der Waals surface area contributed by atoms with Crippen molar-refractivity contribution in [3.63, 3.8) is 0 Å². The standard InChI is InChI=1S/C13H12N2.C9H9F2N5/c14-10-1-3-12-8(6-10)5-9-7-11(15)2-4-13(9)12;10-9(11)3-1-2-5(4-9)6-14-7(12)16-8(13)15-6/h1-4,6-7H,5,14-15H2;1-3H,4H2,(H4,12,13,14,15,16). The summed E-state index contributed by atoms with van der Waals surface area (Å²) < 4.78 is 26.2. The number of nitrogens with two attached hydrogens (primary N) is 4. The molecule has 31 heavy (non-hydrogen) atoms. The highest BCUT2D eigenvalue weighted by Gasteiger charge is 2.30. The third-order valence-electron chi connectivity index (χ3n) is 4.95. The van der Waals surface area contributed by atoms with E-state index in [1.54, 1.807) is 0 Å². The Morgan fingerprint density at radius 3 is 1.84 bits per heavy atom. The van der Waals surface area contributed by atoms with E-state index in [-0.39, 0.29) is 23.3 Å². The van der Waals surface area contributed by atoms with Gasteiger partial charge in [-0.2, -0.15) is 15.0 Å². The summed E-state index contributed by atoms with van der Waals surface area (Å²) in [5.41, 5.74) is 29.4. The molecular weight excluding hydrogens is 400 g/mol. The Balaban J connectivity index is 0.000000149. The number of rotatable bonds is 1. The zero-order valence-corrected chi connectivity index (χ0v) is 16.5. The van der Waals surface area contributed by atoms with E-state index in [4.69, 9.17) is 22.9 Å². The van der Waals surface area contributed by atoms with Crippen molar-refractivity contribution >= 4 is 28.8 Å². The van der Waals surface area contributed by atoms with Crippen molar-refractivity contribution in [2.75, 3.05) is 22.9 Å². The van der Waals surface area contributed by atoms with Crippen molar-refractivity contribution in [1.82, 2.24) is 15.0 Å². The Bertz CT molecular complexity index is 1150. The van der Waals surface area contributed by atoms with Crippen LogP contribution in [0.15, 0.2) is 54.6 Å². The summed E-state index contributed by atoms with van der Waals surface area (Å²) in [4.78, 5) is 11.1. The van der Waals surface area contributed by atoms with Crippen molar-refractivity contribution in [3.05, 3.63) is 71.6 Å². The average Bonchev–Trinajstić information content (AvgIpc) is 3.03. The van der Waals surface area contributed by atoms with E-state index >= 15 is 0 Å². The van der Waals surface area contributed by atoms with E-state index in [1.807, 2.05) is 24.3 Å². The van der Waals surface area contributed by atoms with Gasteiger partial charge < -0.3 is 22.9 Å². The highest BCUT2D eigenvalue weighted by atomic mass is 19.3. The normalized spacial score (nSPS) is 15.4. The Hall–Kier alpha value is -4.01. The first kappa shape index (κ1) is 20.3. The van der Waals surface area contributed by atoms with Crippen molar-refractivity contribution in [2.24, 2.45) is 0 Å². The van der Waals surface area contributed by atoms with Crippen molar-refractivity contribution in [1.29, 1.82) is 0 Å². The summed E-state index contributed by atoms with van der Waals surface area (Å²) in [7, 11) is 0. The van der Waals surface area contributed by atoms with Gasteiger partial charge in [-0.05, 0) is 59.0 Å². The molecule has 0 saturated carbocycles. The summed E-state index contributed by atoms with van der Waals surface area (Å²) in [5.74, 6) is -2.96. The number of hydrogen-bond acceptors (Lipinski definition) is 7. The Morgan fingerprint density at radius 1 is 0.774 bits per heavy atom. The van der Waals surface area contributed by atoms with Gasteiger partial charge in [0.05, 0.1) is 0 Å². The van der Waals surface area contributed by atoms with Crippen LogP contribution >= 0.6 is 0 Å². The molecule has 0 bridgehead atoms. The minimum Gasteiger partial charge on any atom is -0.399 e. The number of benzene rings is 2. The number of aromatic nitrogens is 3. The van der Waals surface area contributed by atoms with Gasteiger partial charge >= 0.3 is 0 Å². The first-order valence-electron chi connectivity index (χ1n) is 9.51. The molecule has 1 heterocycles. The van der Waals surface area contributed by atoms with Crippen molar-refractivity contribution in [3.8, 4) is 11.1 Å². The molecule has 0 fully saturated rings. The molecule has 3 aromatic rings. The summed E-state index contributed by atoms with van der Waals surface area (Å²) in [6, 6.07) is 12.2. The van der Waals surface area contributed by atoms with Gasteiger partial charge in [0.25, 0.3) is 5.92 Å². The van der Waals surface area contributed by atoms with E-state index < -0.39 is 12.3 Å². The molecule has 2 aliphatic rings. The molecule has 2 aromatic carbocycles. The molecule has 0 saturated heterocycles. The van der Waals surface area contributed by atoms with E-state index in [0.717, 1.165) is 23.9 Å². The van der Waals surface area contributed by atoms with Gasteiger partial charge in [0, 0.05) is 23.4 Å². The highest BCUT2D eigenvalue weighted by molar-refractivity contribution is 5.79. The number of alkyl halides is 2. The molecule has 2 aliphatic carbocycles. The van der Waals surface area contributed by atoms with E-state index in [0.29, 0.717) is 0 Å². The number of hydrogen-bond donors (Lipinski definition) is 4. The van der Waals surface area contributed by atoms with Gasteiger partial charge in [-0.15, -0.1) is 0 Å². The maximum Gasteiger partial charge on any atom is 0.270 e. The van der Waals surface area contributed by atoms with Gasteiger partial charge in [-0.3, -0.25) is 0 Å². The van der Waals surface area contributed by atoms with Crippen LogP contribution in [0.1, 0.15) is 23.4 Å². The van der Waals surface area contributed by atoms with Crippen LogP contribution in [-0.4, -0.2) is 20.9 Å². The Morgan fingerprint density at radius 2 is 1.32 bits per heavy atom. The molecule has 0 spiro atoms. The Labute approximate surface area is 177 Å². The fourth-order valence-electron chi connectivity index (χ4n) is 3.63. The second-order valence-electron chi connectivity index (χ2n) is 7.37. The lowest BCUT2D eigenvalue weighted by atomic mass is 10.0. The monoisotopic (exact) mass is 421 g/mol. The predicted molar refractivity (Wildman–Crippen MR) is 119 cm³/mol. The highest BCUT2D eigenvalue weighted by Crippen LogP contribution is 2.38. The zero-order chi connectivity index (χ0) is 22.2. The summed E-state index contributed by atoms with van der Waals surface area (Å²) in [6.07, 6.45) is 4.07. The molecule has 0 atom stereocenters. The van der Waals surface area contributed by atoms with E-state index in [1.165, 1.54) is 34.4 Å².